The molecule has 2 rings (SSSR count). The first-order valence-corrected chi connectivity index (χ1v) is 7.81. The van der Waals surface area contributed by atoms with Crippen molar-refractivity contribution >= 4 is 33.0 Å². The molecule has 4 nitrogen and oxygen atoms in total. The van der Waals surface area contributed by atoms with Crippen molar-refractivity contribution in [1.82, 2.24) is 0 Å². The molecule has 0 atom stereocenters. The maximum absolute atomic E-state index is 12.3. The van der Waals surface area contributed by atoms with Gasteiger partial charge in [-0.05, 0) is 61.4 Å². The highest BCUT2D eigenvalue weighted by Crippen LogP contribution is 2.24. The van der Waals surface area contributed by atoms with Crippen LogP contribution in [0, 0.1) is 13.8 Å². The molecule has 0 bridgehead atoms. The van der Waals surface area contributed by atoms with Gasteiger partial charge in [0.15, 0.2) is 0 Å². The van der Waals surface area contributed by atoms with E-state index >= 15 is 0 Å². The van der Waals surface area contributed by atoms with Crippen LogP contribution in [0.25, 0.3) is 0 Å². The van der Waals surface area contributed by atoms with E-state index in [-0.39, 0.29) is 4.90 Å². The molecule has 0 aromatic heterocycles. The molecule has 0 saturated carbocycles. The number of benzene rings is 2. The Hall–Kier alpha value is -1.72. The van der Waals surface area contributed by atoms with E-state index in [1.165, 1.54) is 6.07 Å². The second-order valence-electron chi connectivity index (χ2n) is 4.57. The zero-order chi connectivity index (χ0) is 14.9. The topological polar surface area (TPSA) is 72.2 Å². The minimum Gasteiger partial charge on any atom is -0.398 e. The van der Waals surface area contributed by atoms with Crippen LogP contribution in [0.3, 0.4) is 0 Å². The zero-order valence-electron chi connectivity index (χ0n) is 11.1. The fourth-order valence-corrected chi connectivity index (χ4v) is 3.04. The van der Waals surface area contributed by atoms with Gasteiger partial charge in [0, 0.05) is 16.4 Å². The van der Waals surface area contributed by atoms with Crippen molar-refractivity contribution in [3.63, 3.8) is 0 Å². The fourth-order valence-electron chi connectivity index (χ4n) is 1.74. The highest BCUT2D eigenvalue weighted by atomic mass is 35.5. The third kappa shape index (κ3) is 3.05. The van der Waals surface area contributed by atoms with Crippen LogP contribution in [0.2, 0.25) is 5.02 Å². The van der Waals surface area contributed by atoms with Crippen LogP contribution in [0.4, 0.5) is 11.4 Å². The molecule has 0 aliphatic rings. The number of rotatable bonds is 3. The van der Waals surface area contributed by atoms with Crippen molar-refractivity contribution in [2.45, 2.75) is 18.7 Å². The Balaban J connectivity index is 2.38. The summed E-state index contributed by atoms with van der Waals surface area (Å²) in [5, 5.41) is 0.545. The largest absolute Gasteiger partial charge is 0.398 e. The molecule has 0 aliphatic carbocycles. The number of anilines is 2. The summed E-state index contributed by atoms with van der Waals surface area (Å²) in [7, 11) is -3.66. The van der Waals surface area contributed by atoms with Crippen molar-refractivity contribution < 1.29 is 8.42 Å². The van der Waals surface area contributed by atoms with Crippen molar-refractivity contribution in [2.24, 2.45) is 0 Å². The summed E-state index contributed by atoms with van der Waals surface area (Å²) in [6.45, 7) is 3.68. The van der Waals surface area contributed by atoms with E-state index in [0.29, 0.717) is 16.4 Å². The van der Waals surface area contributed by atoms with Crippen LogP contribution >= 0.6 is 11.6 Å². The SMILES string of the molecule is Cc1cc(S(=O)(=O)Nc2ccc(Cl)cc2)cc(N)c1C. The van der Waals surface area contributed by atoms with Crippen molar-refractivity contribution in [3.05, 3.63) is 52.5 Å². The molecule has 106 valence electrons. The Morgan fingerprint density at radius 3 is 2.25 bits per heavy atom. The van der Waals surface area contributed by atoms with Gasteiger partial charge in [-0.3, -0.25) is 4.72 Å². The van der Waals surface area contributed by atoms with Crippen LogP contribution < -0.4 is 10.5 Å². The number of sulfonamides is 1. The summed E-state index contributed by atoms with van der Waals surface area (Å²) < 4.78 is 27.1. The van der Waals surface area contributed by atoms with E-state index in [1.807, 2.05) is 13.8 Å². The molecule has 2 aromatic carbocycles. The van der Waals surface area contributed by atoms with Gasteiger partial charge in [-0.1, -0.05) is 11.6 Å². The summed E-state index contributed by atoms with van der Waals surface area (Å²) in [5.74, 6) is 0. The van der Waals surface area contributed by atoms with Gasteiger partial charge in [-0.15, -0.1) is 0 Å². The minimum atomic E-state index is -3.66. The molecule has 0 fully saturated rings. The number of nitrogens with two attached hydrogens (primary N) is 1. The Kier molecular flexibility index (Phi) is 3.92. The lowest BCUT2D eigenvalue weighted by Gasteiger charge is -2.11. The van der Waals surface area contributed by atoms with E-state index in [2.05, 4.69) is 4.72 Å². The van der Waals surface area contributed by atoms with Gasteiger partial charge in [0.1, 0.15) is 0 Å². The van der Waals surface area contributed by atoms with Gasteiger partial charge >= 0.3 is 0 Å². The van der Waals surface area contributed by atoms with Crippen LogP contribution in [-0.4, -0.2) is 8.42 Å². The van der Waals surface area contributed by atoms with Gasteiger partial charge < -0.3 is 5.73 Å². The highest BCUT2D eigenvalue weighted by molar-refractivity contribution is 7.92. The Morgan fingerprint density at radius 2 is 1.70 bits per heavy atom. The smallest absolute Gasteiger partial charge is 0.261 e. The molecular weight excluding hydrogens is 296 g/mol. The Labute approximate surface area is 123 Å². The predicted molar refractivity (Wildman–Crippen MR) is 82.6 cm³/mol. The van der Waals surface area contributed by atoms with Crippen molar-refractivity contribution in [1.29, 1.82) is 0 Å². The first-order chi connectivity index (χ1) is 9.29. The Bertz CT molecular complexity index is 717. The van der Waals surface area contributed by atoms with Crippen molar-refractivity contribution in [3.8, 4) is 0 Å². The molecule has 2 aromatic rings. The molecule has 20 heavy (non-hydrogen) atoms. The van der Waals surface area contributed by atoms with E-state index < -0.39 is 10.0 Å². The molecule has 0 amide bonds. The van der Waals surface area contributed by atoms with E-state index in [9.17, 15) is 8.42 Å². The Morgan fingerprint density at radius 1 is 1.10 bits per heavy atom. The van der Waals surface area contributed by atoms with Gasteiger partial charge in [0.25, 0.3) is 10.0 Å². The normalized spacial score (nSPS) is 11.3. The molecular formula is C14H15ClN2O2S. The second kappa shape index (κ2) is 5.34. The average molecular weight is 311 g/mol. The summed E-state index contributed by atoms with van der Waals surface area (Å²) in [5.41, 5.74) is 8.45. The van der Waals surface area contributed by atoms with Crippen LogP contribution in [0.5, 0.6) is 0 Å². The van der Waals surface area contributed by atoms with Crippen LogP contribution in [0.1, 0.15) is 11.1 Å². The standard InChI is InChI=1S/C14H15ClN2O2S/c1-9-7-13(8-14(16)10(9)2)20(18,19)17-12-5-3-11(15)4-6-12/h3-8,17H,16H2,1-2H3. The quantitative estimate of drug-likeness (QED) is 0.854. The van der Waals surface area contributed by atoms with Crippen LogP contribution in [0.15, 0.2) is 41.3 Å². The molecule has 3 N–H and O–H groups in total. The molecule has 0 unspecified atom stereocenters. The van der Waals surface area contributed by atoms with E-state index in [0.717, 1.165) is 11.1 Å². The molecule has 0 spiro atoms. The molecule has 0 heterocycles. The number of hydrogen-bond donors (Lipinski definition) is 2. The van der Waals surface area contributed by atoms with E-state index in [4.69, 9.17) is 17.3 Å². The van der Waals surface area contributed by atoms with Gasteiger partial charge in [-0.25, -0.2) is 8.42 Å². The number of aryl methyl sites for hydroxylation is 1. The second-order valence-corrected chi connectivity index (χ2v) is 6.69. The van der Waals surface area contributed by atoms with Gasteiger partial charge in [-0.2, -0.15) is 0 Å². The third-order valence-electron chi connectivity index (χ3n) is 3.09. The number of nitrogen functional groups attached to an aromatic ring is 1. The maximum Gasteiger partial charge on any atom is 0.261 e. The summed E-state index contributed by atoms with van der Waals surface area (Å²) in [4.78, 5) is 0.146. The maximum atomic E-state index is 12.3. The average Bonchev–Trinajstić information content (AvgIpc) is 2.38. The number of nitrogens with one attached hydrogen (secondary N) is 1. The molecule has 0 radical (unpaired) electrons. The lowest BCUT2D eigenvalue weighted by atomic mass is 10.1. The van der Waals surface area contributed by atoms with Gasteiger partial charge in [0.05, 0.1) is 4.90 Å². The lowest BCUT2D eigenvalue weighted by molar-refractivity contribution is 0.601. The summed E-state index contributed by atoms with van der Waals surface area (Å²) in [6.07, 6.45) is 0. The number of hydrogen-bond acceptors (Lipinski definition) is 3. The fraction of sp³-hybridized carbons (Fsp3) is 0.143. The summed E-state index contributed by atoms with van der Waals surface area (Å²) >= 11 is 5.77. The first-order valence-electron chi connectivity index (χ1n) is 5.95. The predicted octanol–water partition coefficient (Wildman–Crippen LogP) is 3.34. The minimum absolute atomic E-state index is 0.146. The monoisotopic (exact) mass is 310 g/mol. The molecule has 0 aliphatic heterocycles. The van der Waals surface area contributed by atoms with Crippen LogP contribution in [-0.2, 0) is 10.0 Å². The zero-order valence-corrected chi connectivity index (χ0v) is 12.7. The molecule has 6 heteroatoms. The third-order valence-corrected chi connectivity index (χ3v) is 4.70. The van der Waals surface area contributed by atoms with E-state index in [1.54, 1.807) is 30.3 Å². The molecule has 0 saturated heterocycles. The number of halogens is 1. The first kappa shape index (κ1) is 14.7. The summed E-state index contributed by atoms with van der Waals surface area (Å²) in [6, 6.07) is 9.50. The van der Waals surface area contributed by atoms with Gasteiger partial charge in [0.2, 0.25) is 0 Å². The van der Waals surface area contributed by atoms with Crippen molar-refractivity contribution in [2.75, 3.05) is 10.5 Å². The lowest BCUT2D eigenvalue weighted by Crippen LogP contribution is -2.13. The highest BCUT2D eigenvalue weighted by Gasteiger charge is 2.16.